The maximum Gasteiger partial charge on any atom is 0.00952 e. The minimum absolute atomic E-state index is 0.928. The van der Waals surface area contributed by atoms with E-state index in [4.69, 9.17) is 0 Å². The van der Waals surface area contributed by atoms with E-state index in [9.17, 15) is 0 Å². The first-order chi connectivity index (χ1) is 6.40. The monoisotopic (exact) mass is 180 g/mol. The zero-order valence-corrected chi connectivity index (χ0v) is 8.67. The second kappa shape index (κ2) is 4.45. The van der Waals surface area contributed by atoms with Gasteiger partial charge < -0.3 is 4.90 Å². The highest BCUT2D eigenvalue weighted by Gasteiger charge is 2.26. The first-order valence-corrected chi connectivity index (χ1v) is 5.93. The molecule has 0 unspecified atom stereocenters. The molecule has 0 amide bonds. The van der Waals surface area contributed by atoms with E-state index in [1.54, 1.807) is 0 Å². The molecule has 2 rings (SSSR count). The molecule has 0 aromatic heterocycles. The Morgan fingerprint density at radius 2 is 1.62 bits per heavy atom. The van der Waals surface area contributed by atoms with Crippen molar-refractivity contribution in [3.63, 3.8) is 0 Å². The van der Waals surface area contributed by atoms with Gasteiger partial charge >= 0.3 is 0 Å². The number of hydrogen-bond donors (Lipinski definition) is 0. The largest absolute Gasteiger partial charge is 0.300 e. The quantitative estimate of drug-likeness (QED) is 0.631. The van der Waals surface area contributed by atoms with E-state index < -0.39 is 0 Å². The van der Waals surface area contributed by atoms with Gasteiger partial charge in [0.2, 0.25) is 0 Å². The van der Waals surface area contributed by atoms with Crippen molar-refractivity contribution in [2.24, 2.45) is 5.92 Å². The van der Waals surface area contributed by atoms with Gasteiger partial charge in [0.1, 0.15) is 0 Å². The molecule has 1 aliphatic heterocycles. The van der Waals surface area contributed by atoms with Crippen molar-refractivity contribution >= 4 is 0 Å². The lowest BCUT2D eigenvalue weighted by Gasteiger charge is -2.35. The minimum Gasteiger partial charge on any atom is -0.300 e. The second-order valence-corrected chi connectivity index (χ2v) is 4.71. The molecule has 0 atom stereocenters. The molecule has 75 valence electrons. The van der Waals surface area contributed by atoms with Gasteiger partial charge in [0, 0.05) is 6.04 Å². The highest BCUT2D eigenvalue weighted by atomic mass is 15.2. The van der Waals surface area contributed by atoms with E-state index in [0.29, 0.717) is 0 Å². The summed E-state index contributed by atoms with van der Waals surface area (Å²) in [5.74, 6) is 0.928. The lowest BCUT2D eigenvalue weighted by Crippen LogP contribution is -2.39. The fourth-order valence-corrected chi connectivity index (χ4v) is 2.88. The summed E-state index contributed by atoms with van der Waals surface area (Å²) in [6.07, 6.45) is 9.84. The van der Waals surface area contributed by atoms with Crippen molar-refractivity contribution in [1.82, 2.24) is 4.90 Å². The molecule has 0 bridgehead atoms. The van der Waals surface area contributed by atoms with Gasteiger partial charge in [0.15, 0.2) is 0 Å². The Bertz CT molecular complexity index is 141. The summed E-state index contributed by atoms with van der Waals surface area (Å²) in [4.78, 5) is 2.74. The van der Waals surface area contributed by atoms with Crippen LogP contribution >= 0.6 is 0 Å². The number of rotatable bonds is 2. The summed E-state index contributed by atoms with van der Waals surface area (Å²) >= 11 is 0. The summed E-state index contributed by atoms with van der Waals surface area (Å²) in [6.45, 7) is 6.72. The van der Waals surface area contributed by atoms with Crippen LogP contribution in [0.2, 0.25) is 0 Å². The van der Waals surface area contributed by atoms with Crippen LogP contribution in [-0.4, -0.2) is 24.0 Å². The summed E-state index contributed by atoms with van der Waals surface area (Å²) in [5, 5.41) is 0. The molecule has 1 saturated carbocycles. The van der Waals surface area contributed by atoms with Gasteiger partial charge in [-0.25, -0.2) is 0 Å². The third kappa shape index (κ3) is 2.25. The van der Waals surface area contributed by atoms with Crippen molar-refractivity contribution in [2.45, 2.75) is 51.0 Å². The van der Waals surface area contributed by atoms with Crippen molar-refractivity contribution in [3.05, 3.63) is 6.92 Å². The highest BCUT2D eigenvalue weighted by Crippen LogP contribution is 2.28. The lowest BCUT2D eigenvalue weighted by atomic mass is 9.93. The first-order valence-electron chi connectivity index (χ1n) is 5.93. The number of piperidine rings is 1. The van der Waals surface area contributed by atoms with Gasteiger partial charge in [-0.1, -0.05) is 26.2 Å². The molecular formula is C12H22N. The zero-order valence-electron chi connectivity index (χ0n) is 8.67. The summed E-state index contributed by atoms with van der Waals surface area (Å²) < 4.78 is 0. The van der Waals surface area contributed by atoms with Gasteiger partial charge in [0.25, 0.3) is 0 Å². The van der Waals surface area contributed by atoms with Crippen LogP contribution in [0.25, 0.3) is 0 Å². The lowest BCUT2D eigenvalue weighted by molar-refractivity contribution is 0.135. The molecule has 1 aliphatic carbocycles. The van der Waals surface area contributed by atoms with Gasteiger partial charge in [-0.05, 0) is 44.7 Å². The fourth-order valence-electron chi connectivity index (χ4n) is 2.88. The maximum absolute atomic E-state index is 4.01. The van der Waals surface area contributed by atoms with Crippen LogP contribution in [0.3, 0.4) is 0 Å². The standard InChI is InChI=1S/C12H22N/c1-2-11-7-9-13(10-8-11)12-5-3-4-6-12/h11-12H,1-10H2. The average molecular weight is 180 g/mol. The predicted octanol–water partition coefficient (Wildman–Crippen LogP) is 2.87. The number of nitrogens with zero attached hydrogens (tertiary/aromatic N) is 1. The van der Waals surface area contributed by atoms with Gasteiger partial charge in [-0.2, -0.15) is 0 Å². The molecule has 13 heavy (non-hydrogen) atoms. The summed E-state index contributed by atoms with van der Waals surface area (Å²) in [5.41, 5.74) is 0. The molecular weight excluding hydrogens is 158 g/mol. The zero-order chi connectivity index (χ0) is 9.10. The van der Waals surface area contributed by atoms with E-state index >= 15 is 0 Å². The van der Waals surface area contributed by atoms with Crippen molar-refractivity contribution < 1.29 is 0 Å². The van der Waals surface area contributed by atoms with E-state index in [-0.39, 0.29) is 0 Å². The molecule has 0 N–H and O–H groups in total. The Kier molecular flexibility index (Phi) is 3.26. The van der Waals surface area contributed by atoms with Gasteiger partial charge in [0.05, 0.1) is 0 Å². The van der Waals surface area contributed by atoms with Crippen LogP contribution in [0.4, 0.5) is 0 Å². The maximum atomic E-state index is 4.01. The van der Waals surface area contributed by atoms with Gasteiger partial charge in [-0.3, -0.25) is 0 Å². The van der Waals surface area contributed by atoms with Crippen molar-refractivity contribution in [2.75, 3.05) is 13.1 Å². The van der Waals surface area contributed by atoms with Gasteiger partial charge in [-0.15, -0.1) is 0 Å². The Labute approximate surface area is 82.5 Å². The average Bonchev–Trinajstić information content (AvgIpc) is 2.71. The van der Waals surface area contributed by atoms with Crippen LogP contribution in [-0.2, 0) is 0 Å². The number of likely N-dealkylation sites (tertiary alicyclic amines) is 1. The van der Waals surface area contributed by atoms with Crippen LogP contribution in [0.15, 0.2) is 0 Å². The van der Waals surface area contributed by atoms with Crippen molar-refractivity contribution in [3.8, 4) is 0 Å². The SMILES string of the molecule is [CH2]CC1CCN(C2CCCC2)CC1. The first kappa shape index (κ1) is 9.51. The second-order valence-electron chi connectivity index (χ2n) is 4.71. The molecule has 0 spiro atoms. The summed E-state index contributed by atoms with van der Waals surface area (Å²) in [7, 11) is 0. The summed E-state index contributed by atoms with van der Waals surface area (Å²) in [6, 6.07) is 0.950. The molecule has 1 saturated heterocycles. The molecule has 1 heterocycles. The molecule has 2 aliphatic rings. The van der Waals surface area contributed by atoms with Crippen LogP contribution < -0.4 is 0 Å². The topological polar surface area (TPSA) is 3.24 Å². The Morgan fingerprint density at radius 1 is 1.00 bits per heavy atom. The molecule has 2 fully saturated rings. The van der Waals surface area contributed by atoms with Crippen LogP contribution in [0.1, 0.15) is 44.9 Å². The Hall–Kier alpha value is -0.0400. The highest BCUT2D eigenvalue weighted by molar-refractivity contribution is 4.81. The molecule has 1 radical (unpaired) electrons. The van der Waals surface area contributed by atoms with Crippen molar-refractivity contribution in [1.29, 1.82) is 0 Å². The Morgan fingerprint density at radius 3 is 2.15 bits per heavy atom. The smallest absolute Gasteiger partial charge is 0.00952 e. The molecule has 1 heteroatoms. The fraction of sp³-hybridized carbons (Fsp3) is 0.917. The Balaban J connectivity index is 1.77. The third-order valence-corrected chi connectivity index (χ3v) is 3.90. The van der Waals surface area contributed by atoms with E-state index in [0.717, 1.165) is 18.4 Å². The minimum atomic E-state index is 0.928. The van der Waals surface area contributed by atoms with E-state index in [1.807, 2.05) is 0 Å². The van der Waals surface area contributed by atoms with E-state index in [2.05, 4.69) is 11.8 Å². The third-order valence-electron chi connectivity index (χ3n) is 3.90. The molecule has 1 nitrogen and oxygen atoms in total. The van der Waals surface area contributed by atoms with E-state index in [1.165, 1.54) is 51.6 Å². The van der Waals surface area contributed by atoms with Crippen LogP contribution in [0.5, 0.6) is 0 Å². The normalized spacial score (nSPS) is 28.4. The predicted molar refractivity (Wildman–Crippen MR) is 56.5 cm³/mol. The number of hydrogen-bond acceptors (Lipinski definition) is 1. The molecule has 0 aromatic rings. The molecule has 0 aromatic carbocycles. The van der Waals surface area contributed by atoms with Crippen LogP contribution in [0, 0.1) is 12.8 Å².